The van der Waals surface area contributed by atoms with Gasteiger partial charge in [0.05, 0.1) is 7.11 Å². The molecule has 1 heterocycles. The highest BCUT2D eigenvalue weighted by atomic mass is 16.6. The lowest BCUT2D eigenvalue weighted by Gasteiger charge is -2.21. The topological polar surface area (TPSA) is 72.9 Å². The molecule has 1 saturated heterocycles. The van der Waals surface area contributed by atoms with Gasteiger partial charge < -0.3 is 9.47 Å². The Morgan fingerprint density at radius 2 is 1.91 bits per heavy atom. The Morgan fingerprint density at radius 1 is 1.26 bits per heavy atom. The molecule has 0 saturated carbocycles. The van der Waals surface area contributed by atoms with Crippen molar-refractivity contribution < 1.29 is 23.9 Å². The summed E-state index contributed by atoms with van der Waals surface area (Å²) in [6.45, 7) is 0.772. The smallest absolute Gasteiger partial charge is 0.355 e. The van der Waals surface area contributed by atoms with Gasteiger partial charge in [-0.15, -0.1) is 0 Å². The number of ether oxygens (including phenoxy) is 2. The Labute approximate surface area is 136 Å². The number of carbonyl (C=O) groups is 3. The molecular weight excluding hydrogens is 297 g/mol. The van der Waals surface area contributed by atoms with Gasteiger partial charge in [0, 0.05) is 5.56 Å². The van der Waals surface area contributed by atoms with E-state index in [0.717, 1.165) is 20.1 Å². The highest BCUT2D eigenvalue weighted by Gasteiger charge is 2.37. The molecule has 1 aromatic carbocycles. The van der Waals surface area contributed by atoms with E-state index < -0.39 is 29.9 Å². The minimum atomic E-state index is -1.61. The van der Waals surface area contributed by atoms with Gasteiger partial charge in [-0.2, -0.15) is 0 Å². The Bertz CT molecular complexity index is 601. The monoisotopic (exact) mass is 315 g/mol. The van der Waals surface area contributed by atoms with Crippen molar-refractivity contribution in [3.63, 3.8) is 0 Å². The van der Waals surface area contributed by atoms with Crippen LogP contribution < -0.4 is 5.46 Å². The summed E-state index contributed by atoms with van der Waals surface area (Å²) < 4.78 is 9.76. The minimum Gasteiger partial charge on any atom is -0.466 e. The number of esters is 2. The van der Waals surface area contributed by atoms with Crippen LogP contribution in [-0.4, -0.2) is 63.3 Å². The van der Waals surface area contributed by atoms with E-state index in [-0.39, 0.29) is 5.56 Å². The molecule has 1 aliphatic rings. The number of carbonyl (C=O) groups excluding carboxylic acids is 3. The molecule has 120 valence electrons. The number of rotatable bonds is 5. The number of nitrogens with zero attached hydrogens (tertiary/aromatic N) is 1. The molecule has 1 aliphatic heterocycles. The highest BCUT2D eigenvalue weighted by Crippen LogP contribution is 2.18. The van der Waals surface area contributed by atoms with Crippen LogP contribution in [0.5, 0.6) is 0 Å². The number of hydrogen-bond donors (Lipinski definition) is 0. The van der Waals surface area contributed by atoms with Crippen LogP contribution in [-0.2, 0) is 19.1 Å². The van der Waals surface area contributed by atoms with Gasteiger partial charge in [0.2, 0.25) is 5.78 Å². The molecule has 2 radical (unpaired) electrons. The first-order valence-corrected chi connectivity index (χ1v) is 7.32. The summed E-state index contributed by atoms with van der Waals surface area (Å²) in [5.74, 6) is -2.13. The molecule has 0 spiro atoms. The van der Waals surface area contributed by atoms with Gasteiger partial charge in [-0.3, -0.25) is 14.5 Å². The molecule has 6 nitrogen and oxygen atoms in total. The predicted molar refractivity (Wildman–Crippen MR) is 83.7 cm³/mol. The molecular formula is C16H18BNO5. The quantitative estimate of drug-likeness (QED) is 0.325. The van der Waals surface area contributed by atoms with Crippen LogP contribution in [0.25, 0.3) is 0 Å². The molecule has 23 heavy (non-hydrogen) atoms. The molecule has 1 aromatic rings. The van der Waals surface area contributed by atoms with E-state index in [0.29, 0.717) is 11.9 Å². The first-order valence-electron chi connectivity index (χ1n) is 7.32. The van der Waals surface area contributed by atoms with E-state index in [9.17, 15) is 14.4 Å². The first-order chi connectivity index (χ1) is 10.9. The zero-order chi connectivity index (χ0) is 17.0. The molecule has 7 heteroatoms. The van der Waals surface area contributed by atoms with Gasteiger partial charge in [-0.1, -0.05) is 29.7 Å². The summed E-state index contributed by atoms with van der Waals surface area (Å²) in [6.07, 6.45) is -0.102. The van der Waals surface area contributed by atoms with Crippen molar-refractivity contribution in [3.8, 4) is 0 Å². The van der Waals surface area contributed by atoms with E-state index in [4.69, 9.17) is 12.6 Å². The standard InChI is InChI=1S/C16H18BNO5/c1-18-9-3-4-12(18)15(20)23-14(16(21)22-2)13(19)10-5-7-11(17)8-6-10/h5-8,12,14H,3-4,9H2,1-2H3/t12-,14?/m0/s1. The summed E-state index contributed by atoms with van der Waals surface area (Å²) in [5, 5.41) is 0. The third kappa shape index (κ3) is 3.98. The second-order valence-corrected chi connectivity index (χ2v) is 5.46. The normalized spacial score (nSPS) is 19.1. The van der Waals surface area contributed by atoms with Gasteiger partial charge in [0.15, 0.2) is 0 Å². The largest absolute Gasteiger partial charge is 0.466 e. The Morgan fingerprint density at radius 3 is 2.43 bits per heavy atom. The predicted octanol–water partition coefficient (Wildman–Crippen LogP) is -0.158. The lowest BCUT2D eigenvalue weighted by Crippen LogP contribution is -2.42. The molecule has 0 aliphatic carbocycles. The average Bonchev–Trinajstić information content (AvgIpc) is 2.98. The first kappa shape index (κ1) is 17.2. The molecule has 0 amide bonds. The van der Waals surface area contributed by atoms with Crippen molar-refractivity contribution in [2.24, 2.45) is 0 Å². The number of likely N-dealkylation sites (N-methyl/N-ethyl adjacent to an activating group) is 1. The lowest BCUT2D eigenvalue weighted by molar-refractivity contribution is -0.165. The summed E-state index contributed by atoms with van der Waals surface area (Å²) in [5.41, 5.74) is 0.711. The third-order valence-electron chi connectivity index (χ3n) is 3.88. The number of hydrogen-bond acceptors (Lipinski definition) is 6. The summed E-state index contributed by atoms with van der Waals surface area (Å²) >= 11 is 0. The summed E-state index contributed by atoms with van der Waals surface area (Å²) in [4.78, 5) is 38.4. The number of methoxy groups -OCH3 is 1. The van der Waals surface area contributed by atoms with Crippen LogP contribution in [0.15, 0.2) is 24.3 Å². The van der Waals surface area contributed by atoms with Crippen molar-refractivity contribution in [3.05, 3.63) is 29.8 Å². The van der Waals surface area contributed by atoms with Crippen LogP contribution >= 0.6 is 0 Å². The van der Waals surface area contributed by atoms with Crippen LogP contribution in [0.2, 0.25) is 0 Å². The number of ketones is 1. The molecule has 0 aromatic heterocycles. The fourth-order valence-corrected chi connectivity index (χ4v) is 2.52. The van der Waals surface area contributed by atoms with Crippen LogP contribution in [0.3, 0.4) is 0 Å². The molecule has 2 rings (SSSR count). The second-order valence-electron chi connectivity index (χ2n) is 5.46. The average molecular weight is 315 g/mol. The molecule has 0 N–H and O–H groups in total. The second kappa shape index (κ2) is 7.41. The van der Waals surface area contributed by atoms with E-state index in [1.54, 1.807) is 7.05 Å². The van der Waals surface area contributed by atoms with Crippen LogP contribution in [0.4, 0.5) is 0 Å². The van der Waals surface area contributed by atoms with E-state index in [1.165, 1.54) is 24.3 Å². The van der Waals surface area contributed by atoms with E-state index in [2.05, 4.69) is 4.74 Å². The molecule has 0 bridgehead atoms. The van der Waals surface area contributed by atoms with Gasteiger partial charge in [-0.25, -0.2) is 4.79 Å². The lowest BCUT2D eigenvalue weighted by atomic mass is 9.94. The SMILES string of the molecule is [B]c1ccc(C(=O)C(OC(=O)[C@@H]2CCCN2C)C(=O)OC)cc1. The van der Waals surface area contributed by atoms with Crippen molar-refractivity contribution in [1.82, 2.24) is 4.90 Å². The van der Waals surface area contributed by atoms with Crippen molar-refractivity contribution >= 4 is 31.0 Å². The number of Topliss-reactive ketones (excluding diaryl/α,β-unsaturated/α-hetero) is 1. The van der Waals surface area contributed by atoms with Crippen molar-refractivity contribution in [2.45, 2.75) is 25.0 Å². The fourth-order valence-electron chi connectivity index (χ4n) is 2.52. The maximum atomic E-state index is 12.5. The van der Waals surface area contributed by atoms with Crippen molar-refractivity contribution in [1.29, 1.82) is 0 Å². The van der Waals surface area contributed by atoms with Crippen molar-refractivity contribution in [2.75, 3.05) is 20.7 Å². The zero-order valence-corrected chi connectivity index (χ0v) is 13.2. The molecule has 1 fully saturated rings. The maximum Gasteiger partial charge on any atom is 0.355 e. The molecule has 1 unspecified atom stereocenters. The van der Waals surface area contributed by atoms with Crippen LogP contribution in [0, 0.1) is 0 Å². The van der Waals surface area contributed by atoms with E-state index >= 15 is 0 Å². The Kier molecular flexibility index (Phi) is 5.55. The van der Waals surface area contributed by atoms with Gasteiger partial charge in [-0.05, 0) is 26.4 Å². The Balaban J connectivity index is 2.16. The zero-order valence-electron chi connectivity index (χ0n) is 13.2. The van der Waals surface area contributed by atoms with Gasteiger partial charge >= 0.3 is 11.9 Å². The minimum absolute atomic E-state index is 0.224. The summed E-state index contributed by atoms with van der Waals surface area (Å²) in [6, 6.07) is 5.58. The highest BCUT2D eigenvalue weighted by molar-refractivity contribution is 6.32. The van der Waals surface area contributed by atoms with Gasteiger partial charge in [0.1, 0.15) is 13.9 Å². The molecule has 2 atom stereocenters. The van der Waals surface area contributed by atoms with Gasteiger partial charge in [0.25, 0.3) is 6.10 Å². The third-order valence-corrected chi connectivity index (χ3v) is 3.88. The van der Waals surface area contributed by atoms with E-state index in [1.807, 2.05) is 4.90 Å². The maximum absolute atomic E-state index is 12.5. The number of benzene rings is 1. The fraction of sp³-hybridized carbons (Fsp3) is 0.438. The number of likely N-dealkylation sites (tertiary alicyclic amines) is 1. The van der Waals surface area contributed by atoms with Crippen LogP contribution in [0.1, 0.15) is 23.2 Å². The summed E-state index contributed by atoms with van der Waals surface area (Å²) in [7, 11) is 8.51. The Hall–Kier alpha value is -2.15.